The Bertz CT molecular complexity index is 623. The number of halogens is 1. The number of methoxy groups -OCH3 is 1. The molecule has 0 unspecified atom stereocenters. The Labute approximate surface area is 121 Å². The first-order chi connectivity index (χ1) is 9.67. The van der Waals surface area contributed by atoms with E-state index in [9.17, 15) is 0 Å². The molecule has 1 aromatic heterocycles. The SMILES string of the molecule is COc1cc(-c2cc(N)on2)cc(Cl)c1OCC1CC1. The molecule has 106 valence electrons. The topological polar surface area (TPSA) is 70.5 Å². The quantitative estimate of drug-likeness (QED) is 0.915. The lowest BCUT2D eigenvalue weighted by atomic mass is 10.1. The van der Waals surface area contributed by atoms with Crippen LogP contribution in [0.25, 0.3) is 11.3 Å². The fourth-order valence-electron chi connectivity index (χ4n) is 1.92. The molecule has 1 aromatic carbocycles. The largest absolute Gasteiger partial charge is 0.493 e. The van der Waals surface area contributed by atoms with Gasteiger partial charge in [0, 0.05) is 11.6 Å². The van der Waals surface area contributed by atoms with E-state index < -0.39 is 0 Å². The molecule has 2 aromatic rings. The summed E-state index contributed by atoms with van der Waals surface area (Å²) in [5, 5.41) is 4.35. The van der Waals surface area contributed by atoms with E-state index in [0.717, 1.165) is 5.56 Å². The first-order valence-corrected chi connectivity index (χ1v) is 6.78. The molecule has 1 aliphatic rings. The first kappa shape index (κ1) is 13.1. The number of hydrogen-bond donors (Lipinski definition) is 1. The minimum atomic E-state index is 0.254. The molecule has 0 amide bonds. The van der Waals surface area contributed by atoms with Gasteiger partial charge in [-0.2, -0.15) is 0 Å². The van der Waals surface area contributed by atoms with Gasteiger partial charge in [-0.15, -0.1) is 0 Å². The number of hydrogen-bond acceptors (Lipinski definition) is 5. The van der Waals surface area contributed by atoms with Crippen LogP contribution in [0.4, 0.5) is 5.88 Å². The van der Waals surface area contributed by atoms with Crippen LogP contribution in [0.5, 0.6) is 11.5 Å². The van der Waals surface area contributed by atoms with Gasteiger partial charge in [0.05, 0.1) is 18.7 Å². The van der Waals surface area contributed by atoms with Gasteiger partial charge in [0.25, 0.3) is 0 Å². The summed E-state index contributed by atoms with van der Waals surface area (Å²) in [6.45, 7) is 0.673. The Hall–Kier alpha value is -1.88. The molecular formula is C14H15ClN2O3. The van der Waals surface area contributed by atoms with Crippen molar-refractivity contribution in [3.8, 4) is 22.8 Å². The number of nitrogens with zero attached hydrogens (tertiary/aromatic N) is 1. The number of rotatable bonds is 5. The third-order valence-electron chi connectivity index (χ3n) is 3.21. The molecule has 0 bridgehead atoms. The average molecular weight is 295 g/mol. The van der Waals surface area contributed by atoms with Gasteiger partial charge in [0.1, 0.15) is 5.69 Å². The molecule has 0 spiro atoms. The predicted octanol–water partition coefficient (Wildman–Crippen LogP) is 3.37. The van der Waals surface area contributed by atoms with Crippen LogP contribution in [0.3, 0.4) is 0 Å². The van der Waals surface area contributed by atoms with Gasteiger partial charge in [0.2, 0.25) is 5.88 Å². The van der Waals surface area contributed by atoms with Crippen molar-refractivity contribution < 1.29 is 14.0 Å². The van der Waals surface area contributed by atoms with Crippen molar-refractivity contribution >= 4 is 17.5 Å². The van der Waals surface area contributed by atoms with E-state index in [4.69, 9.17) is 31.3 Å². The van der Waals surface area contributed by atoms with Crippen LogP contribution < -0.4 is 15.2 Å². The van der Waals surface area contributed by atoms with Crippen molar-refractivity contribution in [3.63, 3.8) is 0 Å². The van der Waals surface area contributed by atoms with Gasteiger partial charge in [-0.05, 0) is 30.9 Å². The van der Waals surface area contributed by atoms with Crippen molar-refractivity contribution in [3.05, 3.63) is 23.2 Å². The van der Waals surface area contributed by atoms with Crippen LogP contribution in [0.1, 0.15) is 12.8 Å². The van der Waals surface area contributed by atoms with Gasteiger partial charge in [-0.3, -0.25) is 0 Å². The summed E-state index contributed by atoms with van der Waals surface area (Å²) in [6.07, 6.45) is 2.44. The molecule has 0 aliphatic heterocycles. The summed E-state index contributed by atoms with van der Waals surface area (Å²) in [4.78, 5) is 0. The van der Waals surface area contributed by atoms with Gasteiger partial charge in [0.15, 0.2) is 11.5 Å². The summed E-state index contributed by atoms with van der Waals surface area (Å²) < 4.78 is 16.0. The Kier molecular flexibility index (Phi) is 3.44. The van der Waals surface area contributed by atoms with Crippen molar-refractivity contribution in [1.29, 1.82) is 0 Å². The highest BCUT2D eigenvalue weighted by atomic mass is 35.5. The first-order valence-electron chi connectivity index (χ1n) is 6.40. The van der Waals surface area contributed by atoms with Crippen LogP contribution in [0, 0.1) is 5.92 Å². The van der Waals surface area contributed by atoms with E-state index in [1.807, 2.05) is 6.07 Å². The number of benzene rings is 1. The van der Waals surface area contributed by atoms with Crippen molar-refractivity contribution in [2.24, 2.45) is 5.92 Å². The number of nitrogens with two attached hydrogens (primary N) is 1. The molecule has 20 heavy (non-hydrogen) atoms. The molecule has 1 fully saturated rings. The van der Waals surface area contributed by atoms with E-state index in [1.54, 1.807) is 19.2 Å². The van der Waals surface area contributed by atoms with Gasteiger partial charge >= 0.3 is 0 Å². The Morgan fingerprint density at radius 3 is 2.80 bits per heavy atom. The fourth-order valence-corrected chi connectivity index (χ4v) is 2.18. The standard InChI is InChI=1S/C14H15ClN2O3/c1-18-12-5-9(11-6-13(16)20-17-11)4-10(15)14(12)19-7-8-2-3-8/h4-6,8H,2-3,7,16H2,1H3. The fraction of sp³-hybridized carbons (Fsp3) is 0.357. The van der Waals surface area contributed by atoms with E-state index >= 15 is 0 Å². The van der Waals surface area contributed by atoms with E-state index in [2.05, 4.69) is 5.16 Å². The Balaban J connectivity index is 1.91. The molecule has 0 saturated heterocycles. The van der Waals surface area contributed by atoms with Gasteiger partial charge in [-0.25, -0.2) is 0 Å². The molecular weight excluding hydrogens is 280 g/mol. The maximum atomic E-state index is 6.28. The lowest BCUT2D eigenvalue weighted by Crippen LogP contribution is -2.01. The summed E-state index contributed by atoms with van der Waals surface area (Å²) in [5.74, 6) is 2.05. The molecule has 1 heterocycles. The second kappa shape index (κ2) is 5.25. The zero-order valence-electron chi connectivity index (χ0n) is 11.1. The van der Waals surface area contributed by atoms with Gasteiger partial charge < -0.3 is 19.7 Å². The molecule has 2 N–H and O–H groups in total. The number of ether oxygens (including phenoxy) is 2. The highest BCUT2D eigenvalue weighted by Crippen LogP contribution is 2.40. The minimum Gasteiger partial charge on any atom is -0.493 e. The second-order valence-electron chi connectivity index (χ2n) is 4.86. The molecule has 3 rings (SSSR count). The molecule has 1 saturated carbocycles. The monoisotopic (exact) mass is 294 g/mol. The number of anilines is 1. The van der Waals surface area contributed by atoms with Crippen LogP contribution in [0.2, 0.25) is 5.02 Å². The maximum Gasteiger partial charge on any atom is 0.222 e. The normalized spacial score (nSPS) is 14.3. The maximum absolute atomic E-state index is 6.28. The van der Waals surface area contributed by atoms with E-state index in [-0.39, 0.29) is 5.88 Å². The lowest BCUT2D eigenvalue weighted by molar-refractivity contribution is 0.280. The summed E-state index contributed by atoms with van der Waals surface area (Å²) in [7, 11) is 1.58. The van der Waals surface area contributed by atoms with Crippen LogP contribution in [-0.2, 0) is 0 Å². The summed E-state index contributed by atoms with van der Waals surface area (Å²) >= 11 is 6.28. The van der Waals surface area contributed by atoms with E-state index in [0.29, 0.717) is 34.7 Å². The number of aromatic nitrogens is 1. The number of nitrogen functional groups attached to an aromatic ring is 1. The Morgan fingerprint density at radius 2 is 2.20 bits per heavy atom. The molecule has 6 heteroatoms. The third kappa shape index (κ3) is 2.67. The van der Waals surface area contributed by atoms with Crippen LogP contribution >= 0.6 is 11.6 Å². The smallest absolute Gasteiger partial charge is 0.222 e. The zero-order valence-corrected chi connectivity index (χ0v) is 11.8. The third-order valence-corrected chi connectivity index (χ3v) is 3.49. The lowest BCUT2D eigenvalue weighted by Gasteiger charge is -2.13. The summed E-state index contributed by atoms with van der Waals surface area (Å²) in [5.41, 5.74) is 6.90. The van der Waals surface area contributed by atoms with E-state index in [1.165, 1.54) is 12.8 Å². The second-order valence-corrected chi connectivity index (χ2v) is 5.27. The Morgan fingerprint density at radius 1 is 1.40 bits per heavy atom. The van der Waals surface area contributed by atoms with Gasteiger partial charge in [-0.1, -0.05) is 16.8 Å². The predicted molar refractivity (Wildman–Crippen MR) is 76.1 cm³/mol. The minimum absolute atomic E-state index is 0.254. The zero-order chi connectivity index (χ0) is 14.1. The summed E-state index contributed by atoms with van der Waals surface area (Å²) in [6, 6.07) is 5.21. The van der Waals surface area contributed by atoms with Crippen LogP contribution in [-0.4, -0.2) is 18.9 Å². The average Bonchev–Trinajstić information content (AvgIpc) is 3.16. The highest BCUT2D eigenvalue weighted by molar-refractivity contribution is 6.32. The van der Waals surface area contributed by atoms with Crippen molar-refractivity contribution in [1.82, 2.24) is 5.16 Å². The highest BCUT2D eigenvalue weighted by Gasteiger charge is 2.23. The van der Waals surface area contributed by atoms with Crippen LogP contribution in [0.15, 0.2) is 22.7 Å². The molecule has 5 nitrogen and oxygen atoms in total. The van der Waals surface area contributed by atoms with Crippen molar-refractivity contribution in [2.45, 2.75) is 12.8 Å². The molecule has 1 aliphatic carbocycles. The molecule has 0 atom stereocenters. The molecule has 0 radical (unpaired) electrons. The van der Waals surface area contributed by atoms with Crippen molar-refractivity contribution in [2.75, 3.05) is 19.5 Å².